The van der Waals surface area contributed by atoms with Crippen molar-refractivity contribution in [2.45, 2.75) is 12.8 Å². The van der Waals surface area contributed by atoms with E-state index in [4.69, 9.17) is 11.6 Å². The van der Waals surface area contributed by atoms with Crippen LogP contribution in [0.4, 0.5) is 11.5 Å². The van der Waals surface area contributed by atoms with Crippen LogP contribution < -0.4 is 10.2 Å². The second-order valence-electron chi connectivity index (χ2n) is 5.44. The van der Waals surface area contributed by atoms with E-state index in [0.29, 0.717) is 11.1 Å². The molecule has 112 valence electrons. The summed E-state index contributed by atoms with van der Waals surface area (Å²) in [7, 11) is 3.80. The van der Waals surface area contributed by atoms with Gasteiger partial charge in [-0.15, -0.1) is 0 Å². The van der Waals surface area contributed by atoms with Gasteiger partial charge in [-0.3, -0.25) is 4.68 Å². The standard InChI is InChI=1S/C14H19ClN6/c1-16-12-13(15)17-9-18-14(12)21-4-3-10(8-21)5-11-6-19-20(2)7-11/h6-7,9-10,16H,3-5,8H2,1-2H3. The lowest BCUT2D eigenvalue weighted by atomic mass is 10.0. The average Bonchev–Trinajstić information content (AvgIpc) is 3.08. The van der Waals surface area contributed by atoms with E-state index in [1.165, 1.54) is 11.9 Å². The van der Waals surface area contributed by atoms with Crippen molar-refractivity contribution in [3.05, 3.63) is 29.4 Å². The largest absolute Gasteiger partial charge is 0.383 e. The van der Waals surface area contributed by atoms with E-state index in [9.17, 15) is 0 Å². The molecule has 0 amide bonds. The monoisotopic (exact) mass is 306 g/mol. The molecule has 1 N–H and O–H groups in total. The molecule has 2 aromatic rings. The third-order valence-corrected chi connectivity index (χ3v) is 4.19. The minimum Gasteiger partial charge on any atom is -0.383 e. The summed E-state index contributed by atoms with van der Waals surface area (Å²) in [6, 6.07) is 0. The van der Waals surface area contributed by atoms with E-state index in [2.05, 4.69) is 31.5 Å². The molecule has 6 nitrogen and oxygen atoms in total. The van der Waals surface area contributed by atoms with E-state index < -0.39 is 0 Å². The average molecular weight is 307 g/mol. The zero-order chi connectivity index (χ0) is 14.8. The van der Waals surface area contributed by atoms with E-state index >= 15 is 0 Å². The Hall–Kier alpha value is -1.82. The molecule has 0 spiro atoms. The molecule has 0 saturated carbocycles. The van der Waals surface area contributed by atoms with Gasteiger partial charge in [0.1, 0.15) is 12.0 Å². The van der Waals surface area contributed by atoms with Crippen molar-refractivity contribution in [1.82, 2.24) is 19.7 Å². The summed E-state index contributed by atoms with van der Waals surface area (Å²) in [6.07, 6.45) is 7.76. The van der Waals surface area contributed by atoms with Crippen LogP contribution in [-0.2, 0) is 13.5 Å². The molecular formula is C14H19ClN6. The maximum Gasteiger partial charge on any atom is 0.157 e. The first kappa shape index (κ1) is 14.1. The first-order chi connectivity index (χ1) is 10.2. The van der Waals surface area contributed by atoms with Crippen molar-refractivity contribution >= 4 is 23.1 Å². The fourth-order valence-electron chi connectivity index (χ4n) is 2.91. The number of hydrogen-bond acceptors (Lipinski definition) is 5. The van der Waals surface area contributed by atoms with Gasteiger partial charge in [-0.2, -0.15) is 5.10 Å². The summed E-state index contributed by atoms with van der Waals surface area (Å²) < 4.78 is 1.85. The molecule has 1 aliphatic rings. The molecule has 1 fully saturated rings. The van der Waals surface area contributed by atoms with Gasteiger partial charge < -0.3 is 10.2 Å². The van der Waals surface area contributed by atoms with E-state index in [-0.39, 0.29) is 0 Å². The van der Waals surface area contributed by atoms with Crippen LogP contribution in [0.15, 0.2) is 18.7 Å². The molecule has 3 heterocycles. The summed E-state index contributed by atoms with van der Waals surface area (Å²) >= 11 is 6.13. The Morgan fingerprint density at radius 1 is 1.43 bits per heavy atom. The summed E-state index contributed by atoms with van der Waals surface area (Å²) in [5.74, 6) is 1.51. The van der Waals surface area contributed by atoms with Crippen molar-refractivity contribution in [2.24, 2.45) is 13.0 Å². The molecule has 3 rings (SSSR count). The Kier molecular flexibility index (Phi) is 3.96. The predicted molar refractivity (Wildman–Crippen MR) is 83.8 cm³/mol. The Morgan fingerprint density at radius 2 is 2.29 bits per heavy atom. The van der Waals surface area contributed by atoms with Crippen molar-refractivity contribution < 1.29 is 0 Å². The fourth-order valence-corrected chi connectivity index (χ4v) is 3.14. The van der Waals surface area contributed by atoms with Gasteiger partial charge in [-0.05, 0) is 24.3 Å². The number of nitrogens with one attached hydrogen (secondary N) is 1. The predicted octanol–water partition coefficient (Wildman–Crippen LogP) is 1.97. The van der Waals surface area contributed by atoms with Crippen molar-refractivity contribution in [3.63, 3.8) is 0 Å². The molecule has 1 atom stereocenters. The molecule has 2 aromatic heterocycles. The van der Waals surface area contributed by atoms with Crippen LogP contribution in [-0.4, -0.2) is 39.9 Å². The number of hydrogen-bond donors (Lipinski definition) is 1. The van der Waals surface area contributed by atoms with Gasteiger partial charge in [-0.25, -0.2) is 9.97 Å². The number of aryl methyl sites for hydroxylation is 1. The van der Waals surface area contributed by atoms with Gasteiger partial charge >= 0.3 is 0 Å². The van der Waals surface area contributed by atoms with Gasteiger partial charge in [0.15, 0.2) is 11.0 Å². The van der Waals surface area contributed by atoms with Crippen molar-refractivity contribution in [1.29, 1.82) is 0 Å². The summed E-state index contributed by atoms with van der Waals surface area (Å²) in [5.41, 5.74) is 2.10. The highest BCUT2D eigenvalue weighted by atomic mass is 35.5. The smallest absolute Gasteiger partial charge is 0.157 e. The number of nitrogens with zero attached hydrogens (tertiary/aromatic N) is 5. The maximum atomic E-state index is 6.13. The highest BCUT2D eigenvalue weighted by Gasteiger charge is 2.26. The Balaban J connectivity index is 1.71. The fraction of sp³-hybridized carbons (Fsp3) is 0.500. The third kappa shape index (κ3) is 2.95. The summed E-state index contributed by atoms with van der Waals surface area (Å²) in [5, 5.41) is 7.80. The molecule has 7 heteroatoms. The Bertz CT molecular complexity index is 626. The minimum absolute atomic E-state index is 0.471. The molecular weight excluding hydrogens is 288 g/mol. The number of rotatable bonds is 4. The zero-order valence-electron chi connectivity index (χ0n) is 12.3. The lowest BCUT2D eigenvalue weighted by Crippen LogP contribution is -2.22. The van der Waals surface area contributed by atoms with E-state index in [1.54, 1.807) is 0 Å². The van der Waals surface area contributed by atoms with Crippen molar-refractivity contribution in [3.8, 4) is 0 Å². The van der Waals surface area contributed by atoms with E-state index in [0.717, 1.165) is 37.4 Å². The second-order valence-corrected chi connectivity index (χ2v) is 5.80. The maximum absolute atomic E-state index is 6.13. The van der Waals surface area contributed by atoms with Crippen LogP contribution in [0.3, 0.4) is 0 Å². The van der Waals surface area contributed by atoms with Crippen LogP contribution in [0, 0.1) is 5.92 Å². The quantitative estimate of drug-likeness (QED) is 0.875. The molecule has 0 bridgehead atoms. The highest BCUT2D eigenvalue weighted by molar-refractivity contribution is 6.32. The van der Waals surface area contributed by atoms with Crippen LogP contribution in [0.2, 0.25) is 5.15 Å². The van der Waals surface area contributed by atoms with Gasteiger partial charge in [0, 0.05) is 33.4 Å². The van der Waals surface area contributed by atoms with E-state index in [1.807, 2.05) is 25.0 Å². The molecule has 21 heavy (non-hydrogen) atoms. The normalized spacial score (nSPS) is 18.2. The molecule has 1 aliphatic heterocycles. The SMILES string of the molecule is CNc1c(Cl)ncnc1N1CCC(Cc2cnn(C)c2)C1. The summed E-state index contributed by atoms with van der Waals surface area (Å²) in [6.45, 7) is 1.98. The number of aromatic nitrogens is 4. The van der Waals surface area contributed by atoms with Crippen LogP contribution in [0.25, 0.3) is 0 Å². The number of halogens is 1. The third-order valence-electron chi connectivity index (χ3n) is 3.90. The summed E-state index contributed by atoms with van der Waals surface area (Å²) in [4.78, 5) is 10.7. The van der Waals surface area contributed by atoms with Gasteiger partial charge in [0.2, 0.25) is 0 Å². The lowest BCUT2D eigenvalue weighted by Gasteiger charge is -2.20. The molecule has 1 unspecified atom stereocenters. The Morgan fingerprint density at radius 3 is 3.00 bits per heavy atom. The van der Waals surface area contributed by atoms with Gasteiger partial charge in [-0.1, -0.05) is 11.6 Å². The number of anilines is 2. The molecule has 0 radical (unpaired) electrons. The van der Waals surface area contributed by atoms with Crippen LogP contribution in [0.5, 0.6) is 0 Å². The van der Waals surface area contributed by atoms with Gasteiger partial charge in [0.25, 0.3) is 0 Å². The van der Waals surface area contributed by atoms with Gasteiger partial charge in [0.05, 0.1) is 6.20 Å². The topological polar surface area (TPSA) is 58.9 Å². The first-order valence-electron chi connectivity index (χ1n) is 7.08. The molecule has 1 saturated heterocycles. The first-order valence-corrected chi connectivity index (χ1v) is 7.46. The molecule has 0 aliphatic carbocycles. The van der Waals surface area contributed by atoms with Crippen LogP contribution in [0.1, 0.15) is 12.0 Å². The van der Waals surface area contributed by atoms with Crippen LogP contribution >= 0.6 is 11.6 Å². The molecule has 0 aromatic carbocycles. The highest BCUT2D eigenvalue weighted by Crippen LogP contribution is 2.32. The second kappa shape index (κ2) is 5.89. The Labute approximate surface area is 129 Å². The lowest BCUT2D eigenvalue weighted by molar-refractivity contribution is 0.586. The zero-order valence-corrected chi connectivity index (χ0v) is 13.0. The minimum atomic E-state index is 0.471. The van der Waals surface area contributed by atoms with Crippen molar-refractivity contribution in [2.75, 3.05) is 30.4 Å².